The molecule has 0 N–H and O–H groups in total. The van der Waals surface area contributed by atoms with E-state index in [2.05, 4.69) is 11.1 Å². The molecule has 3 nitrogen and oxygen atoms in total. The normalized spacial score (nSPS) is 9.40. The SMILES string of the molecule is CCCCCO[SH](=O)=O.[NaH]. The zero-order valence-electron chi connectivity index (χ0n) is 5.50. The van der Waals surface area contributed by atoms with Crippen molar-refractivity contribution in [2.24, 2.45) is 0 Å². The van der Waals surface area contributed by atoms with Gasteiger partial charge in [-0.25, -0.2) is 8.42 Å². The maximum absolute atomic E-state index is 9.78. The fourth-order valence-electron chi connectivity index (χ4n) is 0.491. The number of unbranched alkanes of at least 4 members (excludes halogenated alkanes) is 2. The number of hydrogen-bond donors (Lipinski definition) is 1. The molecule has 0 aromatic heterocycles. The summed E-state index contributed by atoms with van der Waals surface area (Å²) in [6.07, 6.45) is 2.95. The van der Waals surface area contributed by atoms with E-state index in [0.717, 1.165) is 19.3 Å². The molecule has 0 rings (SSSR count). The first kappa shape index (κ1) is 13.5. The number of rotatable bonds is 5. The molecule has 0 radical (unpaired) electrons. The summed E-state index contributed by atoms with van der Waals surface area (Å²) < 4.78 is 23.9. The Balaban J connectivity index is 0. The fraction of sp³-hybridized carbons (Fsp3) is 1.00. The van der Waals surface area contributed by atoms with E-state index in [1.54, 1.807) is 0 Å². The van der Waals surface area contributed by atoms with Crippen molar-refractivity contribution >= 4 is 40.5 Å². The van der Waals surface area contributed by atoms with Crippen LogP contribution >= 0.6 is 0 Å². The van der Waals surface area contributed by atoms with E-state index in [1.165, 1.54) is 0 Å². The molecular weight excluding hydrogens is 163 g/mol. The topological polar surface area (TPSA) is 43.4 Å². The van der Waals surface area contributed by atoms with E-state index in [0.29, 0.717) is 6.61 Å². The van der Waals surface area contributed by atoms with Gasteiger partial charge in [0.15, 0.2) is 0 Å². The van der Waals surface area contributed by atoms with Gasteiger partial charge >= 0.3 is 29.6 Å². The molecule has 0 saturated heterocycles. The summed E-state index contributed by atoms with van der Waals surface area (Å²) in [6, 6.07) is 0. The van der Waals surface area contributed by atoms with Crippen LogP contribution in [0.3, 0.4) is 0 Å². The van der Waals surface area contributed by atoms with Crippen LogP contribution in [0.4, 0.5) is 0 Å². The van der Waals surface area contributed by atoms with Crippen LogP contribution in [0.25, 0.3) is 0 Å². The van der Waals surface area contributed by atoms with Crippen molar-refractivity contribution in [2.45, 2.75) is 26.2 Å². The van der Waals surface area contributed by atoms with Crippen molar-refractivity contribution in [3.05, 3.63) is 0 Å². The Morgan fingerprint density at radius 3 is 2.30 bits per heavy atom. The van der Waals surface area contributed by atoms with Gasteiger partial charge in [-0.15, -0.1) is 0 Å². The first-order valence-electron chi connectivity index (χ1n) is 3.04. The third-order valence-corrected chi connectivity index (χ3v) is 1.34. The zero-order chi connectivity index (χ0) is 7.11. The number of hydrogen-bond acceptors (Lipinski definition) is 3. The van der Waals surface area contributed by atoms with Crippen LogP contribution in [-0.4, -0.2) is 44.6 Å². The fourth-order valence-corrected chi connectivity index (χ4v) is 0.769. The molecule has 0 spiro atoms. The van der Waals surface area contributed by atoms with E-state index in [1.807, 2.05) is 0 Å². The van der Waals surface area contributed by atoms with Crippen LogP contribution in [0.1, 0.15) is 26.2 Å². The van der Waals surface area contributed by atoms with Crippen LogP contribution in [0, 0.1) is 0 Å². The van der Waals surface area contributed by atoms with Crippen LogP contribution in [0.15, 0.2) is 0 Å². The Morgan fingerprint density at radius 2 is 1.90 bits per heavy atom. The first-order chi connectivity index (χ1) is 4.27. The second-order valence-corrected chi connectivity index (χ2v) is 2.47. The van der Waals surface area contributed by atoms with Gasteiger partial charge in [0.2, 0.25) is 0 Å². The molecule has 0 unspecified atom stereocenters. The van der Waals surface area contributed by atoms with Gasteiger partial charge in [-0.1, -0.05) is 19.8 Å². The molecule has 0 aromatic rings. The summed E-state index contributed by atoms with van der Waals surface area (Å²) in [5.74, 6) is 0. The molecule has 5 heteroatoms. The van der Waals surface area contributed by atoms with Crippen LogP contribution in [0.2, 0.25) is 0 Å². The second kappa shape index (κ2) is 9.91. The van der Waals surface area contributed by atoms with E-state index >= 15 is 0 Å². The summed E-state index contributed by atoms with van der Waals surface area (Å²) in [5, 5.41) is 0. The van der Waals surface area contributed by atoms with Crippen LogP contribution in [-0.2, 0) is 15.2 Å². The van der Waals surface area contributed by atoms with Gasteiger partial charge in [0.1, 0.15) is 0 Å². The van der Waals surface area contributed by atoms with Gasteiger partial charge in [-0.2, -0.15) is 0 Å². The average Bonchev–Trinajstić information content (AvgIpc) is 1.80. The van der Waals surface area contributed by atoms with Crippen LogP contribution in [0.5, 0.6) is 0 Å². The third kappa shape index (κ3) is 11.7. The molecule has 0 atom stereocenters. The van der Waals surface area contributed by atoms with Crippen molar-refractivity contribution in [3.63, 3.8) is 0 Å². The molecule has 0 fully saturated rings. The predicted octanol–water partition coefficient (Wildman–Crippen LogP) is 0.0711. The number of thiol groups is 1. The summed E-state index contributed by atoms with van der Waals surface area (Å²) in [6.45, 7) is 2.39. The molecule has 0 aliphatic carbocycles. The minimum absolute atomic E-state index is 0. The van der Waals surface area contributed by atoms with Crippen molar-refractivity contribution in [3.8, 4) is 0 Å². The molecular formula is C5H13NaO3S. The monoisotopic (exact) mass is 176 g/mol. The maximum atomic E-state index is 9.78. The zero-order valence-corrected chi connectivity index (χ0v) is 6.39. The molecule has 0 amide bonds. The van der Waals surface area contributed by atoms with Gasteiger partial charge in [0.05, 0.1) is 6.61 Å². The Hall–Kier alpha value is 0.910. The molecule has 0 aliphatic heterocycles. The van der Waals surface area contributed by atoms with E-state index < -0.39 is 11.0 Å². The Kier molecular flexibility index (Phi) is 13.4. The van der Waals surface area contributed by atoms with E-state index in [-0.39, 0.29) is 29.6 Å². The molecule has 58 valence electrons. The second-order valence-electron chi connectivity index (χ2n) is 1.76. The van der Waals surface area contributed by atoms with Crippen molar-refractivity contribution in [1.29, 1.82) is 0 Å². The van der Waals surface area contributed by atoms with Gasteiger partial charge in [0.25, 0.3) is 11.0 Å². The van der Waals surface area contributed by atoms with Crippen molar-refractivity contribution in [1.82, 2.24) is 0 Å². The van der Waals surface area contributed by atoms with Crippen LogP contribution < -0.4 is 0 Å². The van der Waals surface area contributed by atoms with Gasteiger partial charge in [-0.05, 0) is 6.42 Å². The quantitative estimate of drug-likeness (QED) is 0.366. The summed E-state index contributed by atoms with van der Waals surface area (Å²) in [4.78, 5) is 0. The van der Waals surface area contributed by atoms with Crippen molar-refractivity contribution < 1.29 is 12.6 Å². The third-order valence-electron chi connectivity index (χ3n) is 0.945. The molecule has 0 bridgehead atoms. The molecule has 0 saturated carbocycles. The molecule has 10 heavy (non-hydrogen) atoms. The van der Waals surface area contributed by atoms with Gasteiger partial charge in [-0.3, -0.25) is 4.18 Å². The van der Waals surface area contributed by atoms with E-state index in [9.17, 15) is 8.42 Å². The first-order valence-corrected chi connectivity index (χ1v) is 4.14. The summed E-state index contributed by atoms with van der Waals surface area (Å²) >= 11 is 0. The molecule has 0 aromatic carbocycles. The van der Waals surface area contributed by atoms with E-state index in [4.69, 9.17) is 0 Å². The summed E-state index contributed by atoms with van der Waals surface area (Å²) in [5.41, 5.74) is 0. The van der Waals surface area contributed by atoms with Crippen molar-refractivity contribution in [2.75, 3.05) is 6.61 Å². The predicted molar refractivity (Wildman–Crippen MR) is 42.9 cm³/mol. The Morgan fingerprint density at radius 1 is 1.30 bits per heavy atom. The molecule has 0 aliphatic rings. The average molecular weight is 176 g/mol. The standard InChI is InChI=1S/C5H12O3S.Na.H/c1-2-3-4-5-8-9(6)7;;/h9H,2-5H2,1H3;;. The molecule has 0 heterocycles. The summed E-state index contributed by atoms with van der Waals surface area (Å²) in [7, 11) is -2.62. The van der Waals surface area contributed by atoms with Gasteiger partial charge in [0, 0.05) is 0 Å². The minimum atomic E-state index is -2.62. The Labute approximate surface area is 85.6 Å². The Bertz CT molecular complexity index is 116. The van der Waals surface area contributed by atoms with Gasteiger partial charge < -0.3 is 0 Å².